The lowest BCUT2D eigenvalue weighted by molar-refractivity contribution is -0.130. The molecule has 10 heteroatoms. The minimum Gasteiger partial charge on any atom is -0.486 e. The molecule has 0 bridgehead atoms. The molecule has 3 aromatic carbocycles. The van der Waals surface area contributed by atoms with Gasteiger partial charge in [-0.25, -0.2) is 4.90 Å². The summed E-state index contributed by atoms with van der Waals surface area (Å²) in [5.74, 6) is -1.89. The van der Waals surface area contributed by atoms with Gasteiger partial charge in [0.25, 0.3) is 0 Å². The molecular weight excluding hydrogens is 544 g/mol. The number of ether oxygens (including phenoxy) is 2. The molecule has 3 amide bonds. The lowest BCUT2D eigenvalue weighted by Gasteiger charge is -2.30. The molecule has 2 fully saturated rings. The van der Waals surface area contributed by atoms with Gasteiger partial charge < -0.3 is 19.8 Å². The van der Waals surface area contributed by atoms with Crippen LogP contribution in [0.3, 0.4) is 0 Å². The average molecular weight is 569 g/mol. The van der Waals surface area contributed by atoms with Crippen molar-refractivity contribution in [3.8, 4) is 11.5 Å². The van der Waals surface area contributed by atoms with Crippen LogP contribution in [0, 0.1) is 18.8 Å². The van der Waals surface area contributed by atoms with Crippen LogP contribution in [0.2, 0.25) is 5.02 Å². The standard InChI is InChI=1S/C31H25ClN4O5/c1-15-10-17(32)12-20-27(15)34-30(39)31(20)26-25(22(35-31)11-16-14-33-21-5-3-2-4-19(16)21)28(37)36(29(26)38)18-6-7-23-24(13-18)41-9-8-40-23/h2-7,10,12-14,22,25-26,33,35H,8-9,11H2,1H3,(H,34,39). The third-order valence-corrected chi connectivity index (χ3v) is 9.10. The number of amides is 3. The second-order valence-electron chi connectivity index (χ2n) is 11.1. The summed E-state index contributed by atoms with van der Waals surface area (Å²) in [5.41, 5.74) is 2.90. The summed E-state index contributed by atoms with van der Waals surface area (Å²) >= 11 is 6.50. The highest BCUT2D eigenvalue weighted by Gasteiger charge is 2.70. The summed E-state index contributed by atoms with van der Waals surface area (Å²) in [5, 5.41) is 8.00. The number of halogens is 1. The maximum atomic E-state index is 14.4. The van der Waals surface area contributed by atoms with Gasteiger partial charge in [0.15, 0.2) is 11.5 Å². The summed E-state index contributed by atoms with van der Waals surface area (Å²) in [7, 11) is 0. The van der Waals surface area contributed by atoms with Crippen molar-refractivity contribution in [2.75, 3.05) is 23.4 Å². The fourth-order valence-electron chi connectivity index (χ4n) is 7.17. The van der Waals surface area contributed by atoms with E-state index in [-0.39, 0.29) is 11.8 Å². The molecule has 0 aliphatic carbocycles. The zero-order valence-electron chi connectivity index (χ0n) is 22.0. The number of anilines is 2. The minimum atomic E-state index is -1.46. The summed E-state index contributed by atoms with van der Waals surface area (Å²) in [6, 6.07) is 16.0. The third-order valence-electron chi connectivity index (χ3n) is 8.88. The number of aromatic amines is 1. The summed E-state index contributed by atoms with van der Waals surface area (Å²) in [4.78, 5) is 47.1. The van der Waals surface area contributed by atoms with Crippen molar-refractivity contribution in [3.63, 3.8) is 0 Å². The predicted octanol–water partition coefficient (Wildman–Crippen LogP) is 4.07. The number of rotatable bonds is 3. The van der Waals surface area contributed by atoms with Gasteiger partial charge in [0, 0.05) is 45.5 Å². The van der Waals surface area contributed by atoms with Crippen LogP contribution >= 0.6 is 11.6 Å². The normalized spacial score (nSPS) is 26.1. The number of carbonyl (C=O) groups excluding carboxylic acids is 3. The highest BCUT2D eigenvalue weighted by molar-refractivity contribution is 6.31. The van der Waals surface area contributed by atoms with Gasteiger partial charge in [0.05, 0.1) is 17.5 Å². The van der Waals surface area contributed by atoms with Crippen LogP contribution < -0.4 is 25.0 Å². The van der Waals surface area contributed by atoms with Crippen molar-refractivity contribution < 1.29 is 23.9 Å². The van der Waals surface area contributed by atoms with E-state index in [1.807, 2.05) is 37.4 Å². The van der Waals surface area contributed by atoms with Gasteiger partial charge in [0.1, 0.15) is 18.8 Å². The molecule has 41 heavy (non-hydrogen) atoms. The Kier molecular flexibility index (Phi) is 5.12. The molecule has 9 nitrogen and oxygen atoms in total. The van der Waals surface area contributed by atoms with Crippen molar-refractivity contribution in [1.29, 1.82) is 0 Å². The molecule has 206 valence electrons. The van der Waals surface area contributed by atoms with Gasteiger partial charge >= 0.3 is 0 Å². The Morgan fingerprint density at radius 3 is 2.66 bits per heavy atom. The number of imide groups is 1. The number of benzene rings is 3. The van der Waals surface area contributed by atoms with E-state index in [2.05, 4.69) is 15.6 Å². The molecule has 0 radical (unpaired) electrons. The number of aromatic nitrogens is 1. The lowest BCUT2D eigenvalue weighted by Crippen LogP contribution is -2.53. The highest BCUT2D eigenvalue weighted by atomic mass is 35.5. The average Bonchev–Trinajstić information content (AvgIpc) is 3.68. The SMILES string of the molecule is Cc1cc(Cl)cc2c1NC(=O)C21NC(Cc2c[nH]c3ccccc23)C2C(=O)N(c3ccc4c(c3)OCCO4)C(=O)C21. The molecule has 3 N–H and O–H groups in total. The van der Waals surface area contributed by atoms with E-state index < -0.39 is 29.3 Å². The molecule has 4 aliphatic heterocycles. The number of nitrogens with one attached hydrogen (secondary N) is 3. The summed E-state index contributed by atoms with van der Waals surface area (Å²) in [6.07, 6.45) is 2.36. The number of hydrogen-bond acceptors (Lipinski definition) is 6. The lowest BCUT2D eigenvalue weighted by atomic mass is 9.76. The first-order chi connectivity index (χ1) is 19.9. The molecule has 5 heterocycles. The molecule has 4 aliphatic rings. The molecule has 0 saturated carbocycles. The molecular formula is C31H25ClN4O5. The van der Waals surface area contributed by atoms with Crippen molar-refractivity contribution in [2.24, 2.45) is 11.8 Å². The van der Waals surface area contributed by atoms with E-state index in [1.54, 1.807) is 30.3 Å². The zero-order valence-corrected chi connectivity index (χ0v) is 22.7. The second-order valence-corrected chi connectivity index (χ2v) is 11.5. The van der Waals surface area contributed by atoms with Gasteiger partial charge in [0.2, 0.25) is 17.7 Å². The van der Waals surface area contributed by atoms with Gasteiger partial charge in [-0.2, -0.15) is 0 Å². The highest BCUT2D eigenvalue weighted by Crippen LogP contribution is 2.55. The van der Waals surface area contributed by atoms with Gasteiger partial charge in [-0.05, 0) is 54.8 Å². The van der Waals surface area contributed by atoms with Crippen LogP contribution in [0.1, 0.15) is 16.7 Å². The Hall–Kier alpha value is -4.34. The molecule has 4 unspecified atom stereocenters. The van der Waals surface area contributed by atoms with Crippen LogP contribution in [-0.2, 0) is 26.3 Å². The molecule has 4 aromatic rings. The smallest absolute Gasteiger partial charge is 0.250 e. The Bertz CT molecular complexity index is 1820. The second kappa shape index (κ2) is 8.58. The zero-order chi connectivity index (χ0) is 28.0. The van der Waals surface area contributed by atoms with Crippen LogP contribution in [0.4, 0.5) is 11.4 Å². The predicted molar refractivity (Wildman–Crippen MR) is 152 cm³/mol. The number of hydrogen-bond donors (Lipinski definition) is 3. The number of aryl methyl sites for hydroxylation is 1. The number of para-hydroxylation sites is 1. The fraction of sp³-hybridized carbons (Fsp3) is 0.258. The maximum absolute atomic E-state index is 14.4. The van der Waals surface area contributed by atoms with Crippen LogP contribution in [0.15, 0.2) is 60.8 Å². The van der Waals surface area contributed by atoms with Crippen molar-refractivity contribution in [3.05, 3.63) is 82.5 Å². The fourth-order valence-corrected chi connectivity index (χ4v) is 7.44. The first-order valence-electron chi connectivity index (χ1n) is 13.6. The maximum Gasteiger partial charge on any atom is 0.250 e. The first-order valence-corrected chi connectivity index (χ1v) is 14.0. The van der Waals surface area contributed by atoms with Crippen molar-refractivity contribution >= 4 is 51.6 Å². The number of carbonyl (C=O) groups is 3. The Labute approximate surface area is 239 Å². The monoisotopic (exact) mass is 568 g/mol. The third kappa shape index (κ3) is 3.30. The topological polar surface area (TPSA) is 113 Å². The summed E-state index contributed by atoms with van der Waals surface area (Å²) in [6.45, 7) is 2.67. The largest absolute Gasteiger partial charge is 0.486 e. The minimum absolute atomic E-state index is 0.356. The number of H-pyrrole nitrogens is 1. The van der Waals surface area contributed by atoms with E-state index in [9.17, 15) is 14.4 Å². The van der Waals surface area contributed by atoms with E-state index in [0.29, 0.717) is 53.1 Å². The van der Waals surface area contributed by atoms with Crippen molar-refractivity contribution in [1.82, 2.24) is 10.3 Å². The molecule has 1 aromatic heterocycles. The van der Waals surface area contributed by atoms with E-state index in [0.717, 1.165) is 22.0 Å². The quantitative estimate of drug-likeness (QED) is 0.321. The van der Waals surface area contributed by atoms with Gasteiger partial charge in [-0.1, -0.05) is 29.8 Å². The van der Waals surface area contributed by atoms with E-state index in [1.165, 1.54) is 4.90 Å². The Morgan fingerprint density at radius 2 is 1.80 bits per heavy atom. The van der Waals surface area contributed by atoms with Gasteiger partial charge in [-0.3, -0.25) is 19.7 Å². The molecule has 2 saturated heterocycles. The molecule has 1 spiro atoms. The van der Waals surface area contributed by atoms with Crippen molar-refractivity contribution in [2.45, 2.75) is 24.9 Å². The van der Waals surface area contributed by atoms with Crippen LogP contribution in [-0.4, -0.2) is 42.0 Å². The van der Waals surface area contributed by atoms with E-state index >= 15 is 0 Å². The Morgan fingerprint density at radius 1 is 1.00 bits per heavy atom. The number of fused-ring (bicyclic) bond motifs is 6. The summed E-state index contributed by atoms with van der Waals surface area (Å²) < 4.78 is 11.4. The van der Waals surface area contributed by atoms with Crippen LogP contribution in [0.25, 0.3) is 10.9 Å². The Balaban J connectivity index is 1.28. The number of nitrogens with zero attached hydrogens (tertiary/aromatic N) is 1. The first kappa shape index (κ1) is 24.5. The van der Waals surface area contributed by atoms with E-state index in [4.69, 9.17) is 21.1 Å². The van der Waals surface area contributed by atoms with Crippen LogP contribution in [0.5, 0.6) is 11.5 Å². The molecule has 4 atom stereocenters. The van der Waals surface area contributed by atoms with Gasteiger partial charge in [-0.15, -0.1) is 0 Å². The molecule has 8 rings (SSSR count).